The van der Waals surface area contributed by atoms with Crippen molar-refractivity contribution in [2.75, 3.05) is 0 Å². The molecule has 0 aliphatic heterocycles. The van der Waals surface area contributed by atoms with Gasteiger partial charge in [0.2, 0.25) is 0 Å². The Balaban J connectivity index is 0.000000145. The lowest BCUT2D eigenvalue weighted by atomic mass is 11.0. The van der Waals surface area contributed by atoms with Crippen molar-refractivity contribution >= 4 is 11.6 Å². The monoisotopic (exact) mass is 134 g/mol. The average molecular weight is 134 g/mol. The van der Waals surface area contributed by atoms with Gasteiger partial charge in [-0.15, -0.1) is 5.10 Å². The molecule has 0 atom stereocenters. The molecule has 0 saturated heterocycles. The third-order valence-electron chi connectivity index (χ3n) is 0.283. The third kappa shape index (κ3) is 4.96. The molecule has 0 aliphatic rings. The van der Waals surface area contributed by atoms with Crippen LogP contribution in [-0.4, -0.2) is 18.8 Å². The molecular formula is C2H2N2O3S. The molecule has 1 aromatic heterocycles. The molecular weight excluding hydrogens is 132 g/mol. The van der Waals surface area contributed by atoms with E-state index in [1.807, 2.05) is 0 Å². The van der Waals surface area contributed by atoms with E-state index in [0.717, 1.165) is 0 Å². The largest absolute Gasteiger partial charge is 0.346 e. The Hall–Kier alpha value is -1.04. The number of rotatable bonds is 0. The lowest BCUT2D eigenvalue weighted by molar-refractivity contribution is 0.393. The first kappa shape index (κ1) is 6.96. The summed E-state index contributed by atoms with van der Waals surface area (Å²) in [4.78, 5) is 0. The highest BCUT2D eigenvalue weighted by Crippen LogP contribution is 1.64. The number of hydrogen-bond acceptors (Lipinski definition) is 5. The summed E-state index contributed by atoms with van der Waals surface area (Å²) < 4.78 is 20.8. The zero-order valence-electron chi connectivity index (χ0n) is 3.68. The predicted molar refractivity (Wildman–Crippen MR) is 23.2 cm³/mol. The van der Waals surface area contributed by atoms with Gasteiger partial charge in [-0.2, -0.15) is 8.42 Å². The Morgan fingerprint density at radius 3 is 2.25 bits per heavy atom. The Bertz CT molecular complexity index is 127. The van der Waals surface area contributed by atoms with Gasteiger partial charge in [0.25, 0.3) is 0 Å². The minimum atomic E-state index is -0.750. The van der Waals surface area contributed by atoms with Gasteiger partial charge in [0.15, 0.2) is 0 Å². The van der Waals surface area contributed by atoms with Gasteiger partial charge in [-0.05, 0) is 0 Å². The molecule has 1 rings (SSSR count). The van der Waals surface area contributed by atoms with Crippen molar-refractivity contribution < 1.29 is 12.9 Å². The molecule has 0 bridgehead atoms. The van der Waals surface area contributed by atoms with Crippen LogP contribution in [0.25, 0.3) is 0 Å². The zero-order valence-corrected chi connectivity index (χ0v) is 4.50. The van der Waals surface area contributed by atoms with Gasteiger partial charge < -0.3 is 4.52 Å². The van der Waals surface area contributed by atoms with E-state index in [2.05, 4.69) is 14.9 Å². The van der Waals surface area contributed by atoms with Crippen LogP contribution in [-0.2, 0) is 11.6 Å². The first-order chi connectivity index (χ1) is 3.91. The Labute approximate surface area is 48.3 Å². The molecule has 1 aromatic rings. The van der Waals surface area contributed by atoms with Crippen molar-refractivity contribution in [1.29, 1.82) is 0 Å². The molecule has 44 valence electrons. The van der Waals surface area contributed by atoms with Crippen molar-refractivity contribution in [2.45, 2.75) is 0 Å². The standard InChI is InChI=1S/C2H2N2O.O2S/c1-2-5-4-3-1;1-3-2/h1-2H;. The molecule has 8 heavy (non-hydrogen) atoms. The third-order valence-corrected chi connectivity index (χ3v) is 0.283. The van der Waals surface area contributed by atoms with Crippen LogP contribution in [0.2, 0.25) is 0 Å². The number of hydrogen-bond donors (Lipinski definition) is 0. The van der Waals surface area contributed by atoms with Crippen molar-refractivity contribution in [3.8, 4) is 0 Å². The van der Waals surface area contributed by atoms with Gasteiger partial charge in [0, 0.05) is 5.27 Å². The molecule has 0 saturated carbocycles. The molecule has 0 radical (unpaired) electrons. The van der Waals surface area contributed by atoms with Crippen LogP contribution in [0, 0.1) is 0 Å². The van der Waals surface area contributed by atoms with Crippen molar-refractivity contribution in [3.05, 3.63) is 12.5 Å². The summed E-state index contributed by atoms with van der Waals surface area (Å²) in [7, 11) is 0. The normalized spacial score (nSPS) is 6.50. The van der Waals surface area contributed by atoms with Crippen LogP contribution in [0.1, 0.15) is 0 Å². The van der Waals surface area contributed by atoms with Gasteiger partial charge >= 0.3 is 11.6 Å². The minimum Gasteiger partial charge on any atom is -0.346 e. The second kappa shape index (κ2) is 5.96. The van der Waals surface area contributed by atoms with Crippen LogP contribution in [0.5, 0.6) is 0 Å². The van der Waals surface area contributed by atoms with Crippen LogP contribution >= 0.6 is 0 Å². The maximum atomic E-state index is 8.29. The predicted octanol–water partition coefficient (Wildman–Crippen LogP) is -0.601. The second-order valence-corrected chi connectivity index (χ2v) is 0.792. The average Bonchev–Trinajstić information content (AvgIpc) is 2.17. The Kier molecular flexibility index (Phi) is 5.19. The number of aromatic nitrogens is 2. The molecule has 0 aliphatic carbocycles. The Morgan fingerprint density at radius 1 is 1.50 bits per heavy atom. The highest BCUT2D eigenvalue weighted by molar-refractivity contribution is 7.51. The molecule has 0 fully saturated rings. The SMILES string of the molecule is O=S=O.c1conn1. The quantitative estimate of drug-likeness (QED) is 0.473. The summed E-state index contributed by atoms with van der Waals surface area (Å²) in [6, 6.07) is 0. The van der Waals surface area contributed by atoms with Crippen LogP contribution in [0.15, 0.2) is 17.0 Å². The van der Waals surface area contributed by atoms with Gasteiger partial charge in [0.05, 0.1) is 6.20 Å². The summed E-state index contributed by atoms with van der Waals surface area (Å²) in [5.74, 6) is 0. The molecule has 0 spiro atoms. The van der Waals surface area contributed by atoms with Gasteiger partial charge in [-0.3, -0.25) is 0 Å². The maximum absolute atomic E-state index is 8.29. The van der Waals surface area contributed by atoms with E-state index < -0.39 is 11.6 Å². The summed E-state index contributed by atoms with van der Waals surface area (Å²) in [6.07, 6.45) is 2.88. The van der Waals surface area contributed by atoms with E-state index >= 15 is 0 Å². The van der Waals surface area contributed by atoms with Crippen LogP contribution in [0.4, 0.5) is 0 Å². The van der Waals surface area contributed by atoms with Crippen molar-refractivity contribution in [1.82, 2.24) is 10.4 Å². The second-order valence-electron chi connectivity index (χ2n) is 0.656. The lowest BCUT2D eigenvalue weighted by Gasteiger charge is -1.45. The van der Waals surface area contributed by atoms with E-state index in [4.69, 9.17) is 8.42 Å². The molecule has 0 amide bonds. The van der Waals surface area contributed by atoms with Crippen LogP contribution in [0.3, 0.4) is 0 Å². The van der Waals surface area contributed by atoms with Gasteiger partial charge in [-0.1, -0.05) is 0 Å². The lowest BCUT2D eigenvalue weighted by Crippen LogP contribution is -1.53. The van der Waals surface area contributed by atoms with Gasteiger partial charge in [-0.25, -0.2) is 0 Å². The smallest absolute Gasteiger partial charge is 0.335 e. The van der Waals surface area contributed by atoms with E-state index in [1.54, 1.807) is 0 Å². The molecule has 1 heterocycles. The minimum absolute atomic E-state index is 0.750. The van der Waals surface area contributed by atoms with Crippen LogP contribution < -0.4 is 0 Å². The summed E-state index contributed by atoms with van der Waals surface area (Å²) in [5, 5.41) is 6.40. The fourth-order valence-electron chi connectivity index (χ4n) is 0.136. The summed E-state index contributed by atoms with van der Waals surface area (Å²) in [6.45, 7) is 0. The van der Waals surface area contributed by atoms with E-state index in [0.29, 0.717) is 0 Å². The van der Waals surface area contributed by atoms with Gasteiger partial charge in [0.1, 0.15) is 6.26 Å². The van der Waals surface area contributed by atoms with E-state index in [9.17, 15) is 0 Å². The first-order valence-corrected chi connectivity index (χ1v) is 2.21. The van der Waals surface area contributed by atoms with E-state index in [1.165, 1.54) is 12.5 Å². The molecule has 0 unspecified atom stereocenters. The highest BCUT2D eigenvalue weighted by atomic mass is 32.1. The highest BCUT2D eigenvalue weighted by Gasteiger charge is 1.61. The molecule has 0 N–H and O–H groups in total. The van der Waals surface area contributed by atoms with Crippen molar-refractivity contribution in [3.63, 3.8) is 0 Å². The number of nitrogens with zero attached hydrogens (tertiary/aromatic N) is 2. The fourth-order valence-corrected chi connectivity index (χ4v) is 0.136. The summed E-state index contributed by atoms with van der Waals surface area (Å²) in [5.41, 5.74) is 0. The first-order valence-electron chi connectivity index (χ1n) is 1.54. The maximum Gasteiger partial charge on any atom is 0.335 e. The van der Waals surface area contributed by atoms with Crippen molar-refractivity contribution in [2.24, 2.45) is 0 Å². The molecule has 6 heteroatoms. The van der Waals surface area contributed by atoms with E-state index in [-0.39, 0.29) is 0 Å². The molecule has 0 aromatic carbocycles. The topological polar surface area (TPSA) is 73.1 Å². The fraction of sp³-hybridized carbons (Fsp3) is 0. The zero-order chi connectivity index (χ0) is 6.24. The molecule has 5 nitrogen and oxygen atoms in total. The Morgan fingerprint density at radius 2 is 2.12 bits per heavy atom. The summed E-state index contributed by atoms with van der Waals surface area (Å²) >= 11 is -0.750.